The van der Waals surface area contributed by atoms with Crippen LogP contribution in [-0.4, -0.2) is 18.6 Å². The summed E-state index contributed by atoms with van der Waals surface area (Å²) >= 11 is 0. The third-order valence-corrected chi connectivity index (χ3v) is 5.16. The Hall–Kier alpha value is -2.58. The topological polar surface area (TPSA) is 85.1 Å². The molecule has 0 spiro atoms. The van der Waals surface area contributed by atoms with Crippen LogP contribution in [0.1, 0.15) is 17.0 Å². The van der Waals surface area contributed by atoms with Gasteiger partial charge in [0.1, 0.15) is 5.82 Å². The van der Waals surface area contributed by atoms with E-state index in [0.29, 0.717) is 5.56 Å². The first-order valence-corrected chi connectivity index (χ1v) is 8.99. The van der Waals surface area contributed by atoms with E-state index in [1.165, 1.54) is 12.1 Å². The van der Waals surface area contributed by atoms with Crippen molar-refractivity contribution in [3.63, 3.8) is 0 Å². The van der Waals surface area contributed by atoms with E-state index in [4.69, 9.17) is 4.42 Å². The van der Waals surface area contributed by atoms with Gasteiger partial charge in [0, 0.05) is 0 Å². The van der Waals surface area contributed by atoms with Crippen molar-refractivity contribution in [1.29, 1.82) is 0 Å². The molecule has 0 radical (unpaired) electrons. The second kappa shape index (κ2) is 6.73. The Labute approximate surface area is 144 Å². The fourth-order valence-corrected chi connectivity index (χ4v) is 3.60. The number of nitrogens with zero attached hydrogens (tertiary/aromatic N) is 2. The summed E-state index contributed by atoms with van der Waals surface area (Å²) in [5.41, 5.74) is 1.64. The van der Waals surface area contributed by atoms with Crippen LogP contribution >= 0.6 is 0 Å². The van der Waals surface area contributed by atoms with E-state index in [9.17, 15) is 12.8 Å². The maximum atomic E-state index is 13.7. The number of nitrogens with one attached hydrogen (secondary N) is 1. The van der Waals surface area contributed by atoms with Gasteiger partial charge in [0.2, 0.25) is 15.9 Å². The number of aryl methyl sites for hydroxylation is 2. The zero-order chi connectivity index (χ0) is 18.0. The molecule has 0 saturated carbocycles. The molecule has 3 rings (SSSR count). The van der Waals surface area contributed by atoms with Crippen LogP contribution in [0.5, 0.6) is 0 Å². The fraction of sp³-hybridized carbons (Fsp3) is 0.176. The lowest BCUT2D eigenvalue weighted by Crippen LogP contribution is -2.24. The Kier molecular flexibility index (Phi) is 4.65. The number of benzene rings is 2. The minimum absolute atomic E-state index is 0.000894. The van der Waals surface area contributed by atoms with Gasteiger partial charge in [0.05, 0.1) is 17.0 Å². The van der Waals surface area contributed by atoms with Crippen molar-refractivity contribution in [1.82, 2.24) is 14.9 Å². The van der Waals surface area contributed by atoms with Gasteiger partial charge < -0.3 is 4.42 Å². The van der Waals surface area contributed by atoms with Crippen LogP contribution < -0.4 is 4.72 Å². The minimum atomic E-state index is -3.73. The van der Waals surface area contributed by atoms with Gasteiger partial charge in [-0.1, -0.05) is 24.3 Å². The van der Waals surface area contributed by atoms with Crippen molar-refractivity contribution in [3.8, 4) is 11.5 Å². The molecule has 0 atom stereocenters. The van der Waals surface area contributed by atoms with E-state index in [1.54, 1.807) is 31.2 Å². The van der Waals surface area contributed by atoms with Gasteiger partial charge in [0.25, 0.3) is 5.89 Å². The highest BCUT2D eigenvalue weighted by Gasteiger charge is 2.19. The molecule has 1 aromatic heterocycles. The first-order valence-electron chi connectivity index (χ1n) is 7.51. The fourth-order valence-electron chi connectivity index (χ4n) is 2.30. The monoisotopic (exact) mass is 361 g/mol. The highest BCUT2D eigenvalue weighted by Crippen LogP contribution is 2.21. The van der Waals surface area contributed by atoms with Gasteiger partial charge in [-0.25, -0.2) is 17.5 Å². The van der Waals surface area contributed by atoms with E-state index < -0.39 is 15.8 Å². The Bertz CT molecular complexity index is 1020. The van der Waals surface area contributed by atoms with Crippen LogP contribution in [-0.2, 0) is 16.6 Å². The van der Waals surface area contributed by atoms with Crippen LogP contribution in [0.2, 0.25) is 0 Å². The molecule has 1 N–H and O–H groups in total. The largest absolute Gasteiger partial charge is 0.419 e. The summed E-state index contributed by atoms with van der Waals surface area (Å²) in [6.45, 7) is 3.35. The molecule has 0 saturated heterocycles. The number of sulfonamides is 1. The van der Waals surface area contributed by atoms with Crippen molar-refractivity contribution >= 4 is 10.0 Å². The van der Waals surface area contributed by atoms with E-state index in [1.807, 2.05) is 13.0 Å². The van der Waals surface area contributed by atoms with E-state index in [-0.39, 0.29) is 28.8 Å². The molecule has 0 bridgehead atoms. The second-order valence-electron chi connectivity index (χ2n) is 5.57. The zero-order valence-electron chi connectivity index (χ0n) is 13.7. The molecule has 0 aliphatic heterocycles. The smallest absolute Gasteiger partial charge is 0.250 e. The van der Waals surface area contributed by atoms with Crippen molar-refractivity contribution in [2.75, 3.05) is 0 Å². The summed E-state index contributed by atoms with van der Waals surface area (Å²) < 4.78 is 46.4. The average molecular weight is 361 g/mol. The van der Waals surface area contributed by atoms with Gasteiger partial charge in [-0.2, -0.15) is 0 Å². The molecule has 3 aromatic rings. The highest BCUT2D eigenvalue weighted by molar-refractivity contribution is 7.89. The lowest BCUT2D eigenvalue weighted by molar-refractivity contribution is 0.490. The Morgan fingerprint density at radius 3 is 2.64 bits per heavy atom. The van der Waals surface area contributed by atoms with Crippen molar-refractivity contribution in [3.05, 3.63) is 65.3 Å². The van der Waals surface area contributed by atoms with Gasteiger partial charge in [0.15, 0.2) is 0 Å². The van der Waals surface area contributed by atoms with Crippen LogP contribution in [0.25, 0.3) is 11.5 Å². The molecule has 25 heavy (non-hydrogen) atoms. The molecule has 2 aromatic carbocycles. The normalized spacial score (nSPS) is 11.6. The van der Waals surface area contributed by atoms with E-state index >= 15 is 0 Å². The predicted octanol–water partition coefficient (Wildman–Crippen LogP) is 2.97. The first kappa shape index (κ1) is 17.2. The number of aromatic nitrogens is 2. The third kappa shape index (κ3) is 3.75. The van der Waals surface area contributed by atoms with Crippen molar-refractivity contribution in [2.45, 2.75) is 25.3 Å². The van der Waals surface area contributed by atoms with Gasteiger partial charge in [-0.05, 0) is 43.2 Å². The van der Waals surface area contributed by atoms with Gasteiger partial charge in [-0.3, -0.25) is 0 Å². The summed E-state index contributed by atoms with van der Waals surface area (Å²) in [5.74, 6) is -0.445. The minimum Gasteiger partial charge on any atom is -0.419 e. The maximum absolute atomic E-state index is 13.7. The molecule has 1 heterocycles. The van der Waals surface area contributed by atoms with Gasteiger partial charge >= 0.3 is 0 Å². The predicted molar refractivity (Wildman–Crippen MR) is 89.6 cm³/mol. The third-order valence-electron chi connectivity index (χ3n) is 3.62. The quantitative estimate of drug-likeness (QED) is 0.755. The SMILES string of the molecule is Cc1ccc(C)c(S(=O)(=O)NCc2nnc(-c3ccccc3F)o2)c1. The number of halogens is 1. The summed E-state index contributed by atoms with van der Waals surface area (Å²) in [4.78, 5) is 0.196. The van der Waals surface area contributed by atoms with Crippen LogP contribution in [0.15, 0.2) is 51.8 Å². The van der Waals surface area contributed by atoms with Crippen molar-refractivity contribution in [2.24, 2.45) is 0 Å². The number of hydrogen-bond donors (Lipinski definition) is 1. The standard InChI is InChI=1S/C17H16FN3O3S/c1-11-7-8-12(2)15(9-11)25(22,23)19-10-16-20-21-17(24-16)13-5-3-4-6-14(13)18/h3-9,19H,10H2,1-2H3. The molecule has 0 amide bonds. The lowest BCUT2D eigenvalue weighted by Gasteiger charge is -2.08. The molecule has 8 heteroatoms. The highest BCUT2D eigenvalue weighted by atomic mass is 32.2. The summed E-state index contributed by atoms with van der Waals surface area (Å²) in [6.07, 6.45) is 0. The first-order chi connectivity index (χ1) is 11.9. The van der Waals surface area contributed by atoms with Crippen LogP contribution in [0, 0.1) is 19.7 Å². The molecular weight excluding hydrogens is 345 g/mol. The summed E-state index contributed by atoms with van der Waals surface area (Å²) in [6, 6.07) is 11.2. The van der Waals surface area contributed by atoms with Crippen LogP contribution in [0.4, 0.5) is 4.39 Å². The zero-order valence-corrected chi connectivity index (χ0v) is 14.5. The van der Waals surface area contributed by atoms with Crippen molar-refractivity contribution < 1.29 is 17.2 Å². The molecule has 130 valence electrons. The lowest BCUT2D eigenvalue weighted by atomic mass is 10.2. The summed E-state index contributed by atoms with van der Waals surface area (Å²) in [5, 5.41) is 7.52. The molecule has 0 unspecified atom stereocenters. The number of rotatable bonds is 5. The van der Waals surface area contributed by atoms with Crippen LogP contribution in [0.3, 0.4) is 0 Å². The van der Waals surface area contributed by atoms with E-state index in [2.05, 4.69) is 14.9 Å². The second-order valence-corrected chi connectivity index (χ2v) is 7.31. The number of hydrogen-bond acceptors (Lipinski definition) is 5. The average Bonchev–Trinajstić information content (AvgIpc) is 3.04. The Morgan fingerprint density at radius 2 is 1.88 bits per heavy atom. The maximum Gasteiger partial charge on any atom is 0.250 e. The Morgan fingerprint density at radius 1 is 1.12 bits per heavy atom. The molecule has 6 nitrogen and oxygen atoms in total. The molecule has 0 fully saturated rings. The molecule has 0 aliphatic rings. The molecular formula is C17H16FN3O3S. The molecule has 0 aliphatic carbocycles. The Balaban J connectivity index is 1.78. The summed E-state index contributed by atoms with van der Waals surface area (Å²) in [7, 11) is -3.73. The van der Waals surface area contributed by atoms with Gasteiger partial charge in [-0.15, -0.1) is 10.2 Å². The van der Waals surface area contributed by atoms with E-state index in [0.717, 1.165) is 5.56 Å².